The molecule has 3 aromatic carbocycles. The molecule has 2 unspecified atom stereocenters. The number of likely N-dealkylation sites (tertiary alicyclic amines) is 1. The first-order valence-corrected chi connectivity index (χ1v) is 27.1. The second-order valence-corrected chi connectivity index (χ2v) is 23.4. The third kappa shape index (κ3) is 16.0. The first-order valence-electron chi connectivity index (χ1n) is 24.7. The number of sulfone groups is 1. The van der Waals surface area contributed by atoms with Crippen molar-refractivity contribution in [2.45, 2.75) is 88.8 Å². The molecule has 5 amide bonds. The Balaban J connectivity index is 0.912. The Morgan fingerprint density at radius 3 is 2.12 bits per heavy atom. The van der Waals surface area contributed by atoms with Gasteiger partial charge in [-0.25, -0.2) is 27.0 Å². The van der Waals surface area contributed by atoms with Crippen LogP contribution in [0.5, 0.6) is 5.75 Å². The lowest BCUT2D eigenvalue weighted by Gasteiger charge is -2.35. The summed E-state index contributed by atoms with van der Waals surface area (Å²) < 4.78 is 90.1. The Kier molecular flexibility index (Phi) is 20.6. The number of fused-ring (bicyclic) bond motifs is 2. The van der Waals surface area contributed by atoms with Crippen molar-refractivity contribution in [3.63, 3.8) is 0 Å². The van der Waals surface area contributed by atoms with Crippen molar-refractivity contribution in [1.82, 2.24) is 30.8 Å². The monoisotopic (exact) mass is 1110 g/mol. The number of pyridine rings is 1. The number of nitrogens with one attached hydrogen (secondary N) is 5. The number of anilines is 3. The quantitative estimate of drug-likeness (QED) is 0.0427. The summed E-state index contributed by atoms with van der Waals surface area (Å²) in [5.41, 5.74) is 2.95. The lowest BCUT2D eigenvalue weighted by Crippen LogP contribution is -2.58. The van der Waals surface area contributed by atoms with Gasteiger partial charge in [0.1, 0.15) is 53.3 Å². The molecule has 0 spiro atoms. The maximum Gasteiger partial charge on any atom is 0.407 e. The van der Waals surface area contributed by atoms with Gasteiger partial charge < -0.3 is 59.9 Å². The van der Waals surface area contributed by atoms with Crippen molar-refractivity contribution in [3.05, 3.63) is 77.9 Å². The van der Waals surface area contributed by atoms with Crippen LogP contribution in [0.25, 0.3) is 21.1 Å². The van der Waals surface area contributed by atoms with Gasteiger partial charge in [0.25, 0.3) is 5.91 Å². The van der Waals surface area contributed by atoms with E-state index in [0.29, 0.717) is 16.6 Å². The number of rotatable bonds is 25. The van der Waals surface area contributed by atoms with Crippen LogP contribution in [-0.4, -0.2) is 155 Å². The lowest BCUT2D eigenvalue weighted by atomic mass is 9.85. The number of benzene rings is 3. The van der Waals surface area contributed by atoms with Gasteiger partial charge in [-0.2, -0.15) is 0 Å². The van der Waals surface area contributed by atoms with Gasteiger partial charge in [0.2, 0.25) is 17.7 Å². The average Bonchev–Trinajstić information content (AvgIpc) is 4.04. The molecule has 1 aliphatic rings. The molecule has 418 valence electrons. The number of thiazole rings is 1. The molecule has 0 bridgehead atoms. The van der Waals surface area contributed by atoms with Gasteiger partial charge in [0.05, 0.1) is 72.2 Å². The normalized spacial score (nSPS) is 15.7. The smallest absolute Gasteiger partial charge is 0.407 e. The Hall–Kier alpha value is -6.64. The number of amides is 5. The maximum absolute atomic E-state index is 14.6. The summed E-state index contributed by atoms with van der Waals surface area (Å²) in [6.45, 7) is 11.8. The molecule has 1 saturated heterocycles. The molecule has 5 aromatic rings. The SMILES string of the molecule is CNC(=O)OC(C)C(=O)NC(C(=O)N1C[C@@H](NC(=O)COCCOCCOCCOCCOc2cc3nccc(Nc4ccc5scnc5c4)c3cc2S(=O)(=O)C(C)(C)C)C[C@H]1C(=O)Nc1c(F)cccc1F)C(C)(C)C. The number of ether oxygens (including phenoxy) is 6. The fourth-order valence-corrected chi connectivity index (χ4v) is 9.89. The Labute approximate surface area is 449 Å². The molecular formula is C52H66F2N8O13S2. The molecule has 77 heavy (non-hydrogen) atoms. The summed E-state index contributed by atoms with van der Waals surface area (Å²) in [5, 5.41) is 13.8. The van der Waals surface area contributed by atoms with E-state index in [0.717, 1.165) is 39.0 Å². The van der Waals surface area contributed by atoms with Crippen LogP contribution in [0.4, 0.5) is 30.6 Å². The van der Waals surface area contributed by atoms with Crippen molar-refractivity contribution in [2.75, 3.05) is 83.7 Å². The van der Waals surface area contributed by atoms with Crippen LogP contribution in [0.2, 0.25) is 0 Å². The number of nitrogens with zero attached hydrogens (tertiary/aromatic N) is 3. The van der Waals surface area contributed by atoms with E-state index in [2.05, 4.69) is 36.6 Å². The molecule has 1 aliphatic heterocycles. The summed E-state index contributed by atoms with van der Waals surface area (Å²) in [7, 11) is -2.55. The third-order valence-electron chi connectivity index (χ3n) is 12.1. The number of alkyl carbamates (subject to hydrolysis) is 1. The number of aromatic nitrogens is 2. The second-order valence-electron chi connectivity index (χ2n) is 19.9. The molecule has 2 aromatic heterocycles. The predicted molar refractivity (Wildman–Crippen MR) is 284 cm³/mol. The zero-order valence-corrected chi connectivity index (χ0v) is 45.8. The largest absolute Gasteiger partial charge is 0.490 e. The van der Waals surface area contributed by atoms with Crippen LogP contribution in [-0.2, 0) is 52.7 Å². The molecule has 6 rings (SSSR count). The van der Waals surface area contributed by atoms with E-state index in [1.807, 2.05) is 18.2 Å². The van der Waals surface area contributed by atoms with Gasteiger partial charge in [-0.1, -0.05) is 26.8 Å². The van der Waals surface area contributed by atoms with Gasteiger partial charge >= 0.3 is 6.09 Å². The number of hydrogen-bond donors (Lipinski definition) is 5. The standard InChI is InChI=1S/C52H66F2N8O13S2/c1-31(75-50(67)55-8)47(64)61-46(51(2,3)4)49(66)62-28-33(25-40(62)48(65)60-45-35(53)10-9-11-36(45)54)59-44(63)29-73-21-20-71-17-16-70-18-19-72-22-23-74-41-27-38-34(26-43(41)77(68,69)52(5,6)7)37(14-15-56-38)58-32-12-13-42-39(24-32)57-30-76-42/h9-15,24,26-27,30-31,33,40,46H,16-23,25,28-29H2,1-8H3,(H,55,67)(H,56,58)(H,59,63)(H,60,65)(H,61,64)/t31?,33-,40-,46?/m0/s1. The zero-order valence-electron chi connectivity index (χ0n) is 44.2. The number of halogens is 2. The number of hydrogen-bond acceptors (Lipinski definition) is 17. The molecule has 21 nitrogen and oxygen atoms in total. The van der Waals surface area contributed by atoms with E-state index >= 15 is 0 Å². The van der Waals surface area contributed by atoms with Crippen LogP contribution in [0.1, 0.15) is 54.9 Å². The van der Waals surface area contributed by atoms with Gasteiger partial charge in [-0.05, 0) is 82.0 Å². The molecule has 0 radical (unpaired) electrons. The number of para-hydroxylation sites is 1. The summed E-state index contributed by atoms with van der Waals surface area (Å²) in [4.78, 5) is 75.8. The molecular weight excluding hydrogens is 1050 g/mol. The lowest BCUT2D eigenvalue weighted by molar-refractivity contribution is -0.144. The van der Waals surface area contributed by atoms with E-state index in [1.165, 1.54) is 14.0 Å². The topological polar surface area (TPSA) is 264 Å². The average molecular weight is 1110 g/mol. The van der Waals surface area contributed by atoms with Crippen LogP contribution in [0.15, 0.2) is 71.2 Å². The molecule has 0 saturated carbocycles. The Bertz CT molecular complexity index is 2990. The second kappa shape index (κ2) is 26.6. The molecule has 0 aliphatic carbocycles. The summed E-state index contributed by atoms with van der Waals surface area (Å²) in [6.07, 6.45) is -0.688. The first kappa shape index (κ1) is 59.6. The maximum atomic E-state index is 14.6. The number of carbonyl (C=O) groups is 5. The van der Waals surface area contributed by atoms with E-state index in [1.54, 1.807) is 82.8 Å². The van der Waals surface area contributed by atoms with Crippen molar-refractivity contribution >= 4 is 89.1 Å². The highest BCUT2D eigenvalue weighted by Gasteiger charge is 2.46. The molecule has 25 heteroatoms. The van der Waals surface area contributed by atoms with Crippen LogP contribution in [0.3, 0.4) is 0 Å². The molecule has 1 fully saturated rings. The van der Waals surface area contributed by atoms with Gasteiger partial charge in [-0.15, -0.1) is 11.3 Å². The van der Waals surface area contributed by atoms with E-state index in [4.69, 9.17) is 28.4 Å². The Morgan fingerprint density at radius 1 is 0.831 bits per heavy atom. The van der Waals surface area contributed by atoms with E-state index in [9.17, 15) is 41.2 Å². The van der Waals surface area contributed by atoms with Gasteiger partial charge in [0, 0.05) is 48.7 Å². The summed E-state index contributed by atoms with van der Waals surface area (Å²) in [5.74, 6) is -4.96. The van der Waals surface area contributed by atoms with Crippen molar-refractivity contribution in [2.24, 2.45) is 5.41 Å². The highest BCUT2D eigenvalue weighted by atomic mass is 32.2. The molecule has 5 N–H and O–H groups in total. The minimum Gasteiger partial charge on any atom is -0.490 e. The summed E-state index contributed by atoms with van der Waals surface area (Å²) in [6, 6.07) is 10.5. The minimum absolute atomic E-state index is 0.0344. The van der Waals surface area contributed by atoms with Crippen LogP contribution < -0.4 is 31.3 Å². The summed E-state index contributed by atoms with van der Waals surface area (Å²) >= 11 is 1.54. The first-order chi connectivity index (χ1) is 36.5. The van der Waals surface area contributed by atoms with E-state index < -0.39 is 97.9 Å². The van der Waals surface area contributed by atoms with Crippen molar-refractivity contribution in [3.8, 4) is 5.75 Å². The zero-order chi connectivity index (χ0) is 56.1. The minimum atomic E-state index is -3.86. The third-order valence-corrected chi connectivity index (χ3v) is 15.4. The number of carbonyl (C=O) groups excluding carboxylic acids is 5. The highest BCUT2D eigenvalue weighted by molar-refractivity contribution is 7.92. The fourth-order valence-electron chi connectivity index (χ4n) is 7.91. The van der Waals surface area contributed by atoms with E-state index in [-0.39, 0.29) is 76.5 Å². The van der Waals surface area contributed by atoms with Crippen molar-refractivity contribution in [1.29, 1.82) is 0 Å². The fraction of sp³-hybridized carbons (Fsp3) is 0.481. The van der Waals surface area contributed by atoms with Crippen LogP contribution >= 0.6 is 11.3 Å². The van der Waals surface area contributed by atoms with Crippen molar-refractivity contribution < 1.29 is 69.6 Å². The Morgan fingerprint density at radius 2 is 1.48 bits per heavy atom. The molecule has 3 heterocycles. The predicted octanol–water partition coefficient (Wildman–Crippen LogP) is 5.88. The molecule has 4 atom stereocenters. The highest BCUT2D eigenvalue weighted by Crippen LogP contribution is 2.38. The van der Waals surface area contributed by atoms with Gasteiger partial charge in [0.15, 0.2) is 15.9 Å². The van der Waals surface area contributed by atoms with Crippen LogP contribution in [0, 0.1) is 17.0 Å². The van der Waals surface area contributed by atoms with Gasteiger partial charge in [-0.3, -0.25) is 24.2 Å².